The summed E-state index contributed by atoms with van der Waals surface area (Å²) in [6.07, 6.45) is 5.37. The zero-order chi connectivity index (χ0) is 15.9. The van der Waals surface area contributed by atoms with Crippen LogP contribution in [0.5, 0.6) is 0 Å². The fourth-order valence-corrected chi connectivity index (χ4v) is 3.68. The molecule has 0 aliphatic carbocycles. The molecule has 2 fully saturated rings. The smallest absolute Gasteiger partial charge is 0.221 e. The molecule has 1 unspecified atom stereocenters. The topological polar surface area (TPSA) is 44.4 Å². The van der Waals surface area contributed by atoms with Gasteiger partial charge >= 0.3 is 0 Å². The predicted octanol–water partition coefficient (Wildman–Crippen LogP) is 2.16. The number of hydrogen-bond acceptors (Lipinski definition) is 3. The van der Waals surface area contributed by atoms with Crippen LogP contribution in [0.25, 0.3) is 0 Å². The minimum absolute atomic E-state index is 0.219. The molecule has 0 saturated carbocycles. The first-order chi connectivity index (χ1) is 11.3. The Morgan fingerprint density at radius 3 is 2.65 bits per heavy atom. The molecule has 1 atom stereocenters. The molecule has 2 heterocycles. The lowest BCUT2D eigenvalue weighted by Crippen LogP contribution is -2.39. The number of piperidine rings is 1. The van der Waals surface area contributed by atoms with Crippen molar-refractivity contribution >= 4 is 5.91 Å². The Kier molecular flexibility index (Phi) is 6.06. The first kappa shape index (κ1) is 16.5. The Morgan fingerprint density at radius 2 is 1.96 bits per heavy atom. The SMILES string of the molecule is O=C(CC1CCCN1)NCC1CCN(Cc2ccccc2)CC1. The van der Waals surface area contributed by atoms with Gasteiger partial charge < -0.3 is 10.6 Å². The number of carbonyl (C=O) groups excluding carboxylic acids is 1. The monoisotopic (exact) mass is 315 g/mol. The summed E-state index contributed by atoms with van der Waals surface area (Å²) in [5, 5.41) is 6.53. The number of rotatable bonds is 6. The third kappa shape index (κ3) is 5.33. The zero-order valence-corrected chi connectivity index (χ0v) is 14.0. The fourth-order valence-electron chi connectivity index (χ4n) is 3.68. The molecule has 4 nitrogen and oxygen atoms in total. The summed E-state index contributed by atoms with van der Waals surface area (Å²) in [5.41, 5.74) is 1.39. The molecule has 4 heteroatoms. The Hall–Kier alpha value is -1.39. The van der Waals surface area contributed by atoms with Crippen molar-refractivity contribution in [3.8, 4) is 0 Å². The highest BCUT2D eigenvalue weighted by atomic mass is 16.1. The molecule has 2 aliphatic heterocycles. The van der Waals surface area contributed by atoms with Gasteiger partial charge in [0.2, 0.25) is 5.91 Å². The van der Waals surface area contributed by atoms with Gasteiger partial charge in [-0.3, -0.25) is 9.69 Å². The standard InChI is InChI=1S/C19H29N3O/c23-19(13-18-7-4-10-20-18)21-14-16-8-11-22(12-9-16)15-17-5-2-1-3-6-17/h1-3,5-6,16,18,20H,4,7-15H2,(H,21,23). The summed E-state index contributed by atoms with van der Waals surface area (Å²) in [6.45, 7) is 5.25. The number of carbonyl (C=O) groups is 1. The van der Waals surface area contributed by atoms with Crippen molar-refractivity contribution in [2.45, 2.75) is 44.7 Å². The molecular formula is C19H29N3O. The van der Waals surface area contributed by atoms with Gasteiger partial charge in [0.25, 0.3) is 0 Å². The molecule has 2 N–H and O–H groups in total. The van der Waals surface area contributed by atoms with E-state index >= 15 is 0 Å². The molecule has 0 aromatic heterocycles. The van der Waals surface area contributed by atoms with E-state index in [4.69, 9.17) is 0 Å². The Morgan fingerprint density at radius 1 is 1.17 bits per heavy atom. The van der Waals surface area contributed by atoms with Crippen molar-refractivity contribution in [2.24, 2.45) is 5.92 Å². The largest absolute Gasteiger partial charge is 0.356 e. The zero-order valence-electron chi connectivity index (χ0n) is 14.0. The van der Waals surface area contributed by atoms with E-state index in [1.807, 2.05) is 0 Å². The van der Waals surface area contributed by atoms with Crippen molar-refractivity contribution in [1.29, 1.82) is 0 Å². The van der Waals surface area contributed by atoms with Crippen LogP contribution in [0.2, 0.25) is 0 Å². The van der Waals surface area contributed by atoms with Crippen LogP contribution in [0, 0.1) is 5.92 Å². The van der Waals surface area contributed by atoms with Gasteiger partial charge in [0.05, 0.1) is 0 Å². The molecule has 3 rings (SSSR count). The summed E-state index contributed by atoms with van der Waals surface area (Å²) in [7, 11) is 0. The van der Waals surface area contributed by atoms with Crippen molar-refractivity contribution in [1.82, 2.24) is 15.5 Å². The molecule has 2 aliphatic rings. The quantitative estimate of drug-likeness (QED) is 0.845. The second kappa shape index (κ2) is 8.46. The van der Waals surface area contributed by atoms with Crippen molar-refractivity contribution in [3.05, 3.63) is 35.9 Å². The van der Waals surface area contributed by atoms with Crippen LogP contribution >= 0.6 is 0 Å². The third-order valence-corrected chi connectivity index (χ3v) is 5.14. The van der Waals surface area contributed by atoms with Crippen LogP contribution in [0.4, 0.5) is 0 Å². The maximum absolute atomic E-state index is 12.0. The van der Waals surface area contributed by atoms with Gasteiger partial charge in [0.1, 0.15) is 0 Å². The van der Waals surface area contributed by atoms with Gasteiger partial charge in [-0.1, -0.05) is 30.3 Å². The number of nitrogens with zero attached hydrogens (tertiary/aromatic N) is 1. The first-order valence-electron chi connectivity index (χ1n) is 9.06. The first-order valence-corrected chi connectivity index (χ1v) is 9.06. The van der Waals surface area contributed by atoms with E-state index in [2.05, 4.69) is 45.9 Å². The maximum atomic E-state index is 12.0. The number of likely N-dealkylation sites (tertiary alicyclic amines) is 1. The van der Waals surface area contributed by atoms with Crippen LogP contribution in [0.1, 0.15) is 37.7 Å². The average molecular weight is 315 g/mol. The second-order valence-electron chi connectivity index (χ2n) is 7.01. The maximum Gasteiger partial charge on any atom is 0.221 e. The van der Waals surface area contributed by atoms with Crippen LogP contribution in [0.3, 0.4) is 0 Å². The lowest BCUT2D eigenvalue weighted by atomic mass is 9.96. The van der Waals surface area contributed by atoms with Gasteiger partial charge in [-0.2, -0.15) is 0 Å². The Labute approximate surface area is 139 Å². The van der Waals surface area contributed by atoms with E-state index in [1.54, 1.807) is 0 Å². The highest BCUT2D eigenvalue weighted by Crippen LogP contribution is 2.18. The molecule has 23 heavy (non-hydrogen) atoms. The minimum Gasteiger partial charge on any atom is -0.356 e. The summed E-state index contributed by atoms with van der Waals surface area (Å²) in [6, 6.07) is 11.1. The average Bonchev–Trinajstić information content (AvgIpc) is 3.08. The van der Waals surface area contributed by atoms with E-state index in [0.717, 1.165) is 39.1 Å². The molecule has 1 amide bonds. The summed E-state index contributed by atoms with van der Waals surface area (Å²) < 4.78 is 0. The van der Waals surface area contributed by atoms with E-state index in [-0.39, 0.29) is 5.91 Å². The lowest BCUT2D eigenvalue weighted by molar-refractivity contribution is -0.121. The highest BCUT2D eigenvalue weighted by Gasteiger charge is 2.21. The molecule has 1 aromatic rings. The van der Waals surface area contributed by atoms with Gasteiger partial charge in [-0.05, 0) is 56.8 Å². The number of benzene rings is 1. The second-order valence-corrected chi connectivity index (χ2v) is 7.01. The van der Waals surface area contributed by atoms with Crippen molar-refractivity contribution in [2.75, 3.05) is 26.2 Å². The molecule has 0 spiro atoms. The predicted molar refractivity (Wildman–Crippen MR) is 93.1 cm³/mol. The Bertz CT molecular complexity index is 477. The van der Waals surface area contributed by atoms with Crippen molar-refractivity contribution < 1.29 is 4.79 Å². The number of hydrogen-bond donors (Lipinski definition) is 2. The number of amides is 1. The van der Waals surface area contributed by atoms with E-state index < -0.39 is 0 Å². The molecule has 126 valence electrons. The molecular weight excluding hydrogens is 286 g/mol. The highest BCUT2D eigenvalue weighted by molar-refractivity contribution is 5.76. The summed E-state index contributed by atoms with van der Waals surface area (Å²) in [5.74, 6) is 0.860. The summed E-state index contributed by atoms with van der Waals surface area (Å²) in [4.78, 5) is 14.5. The van der Waals surface area contributed by atoms with E-state index in [9.17, 15) is 4.79 Å². The van der Waals surface area contributed by atoms with Crippen LogP contribution in [-0.4, -0.2) is 43.0 Å². The Balaban J connectivity index is 1.32. The number of nitrogens with one attached hydrogen (secondary N) is 2. The normalized spacial score (nSPS) is 23.0. The fraction of sp³-hybridized carbons (Fsp3) is 0.632. The van der Waals surface area contributed by atoms with E-state index in [0.29, 0.717) is 18.4 Å². The van der Waals surface area contributed by atoms with Crippen LogP contribution in [0.15, 0.2) is 30.3 Å². The lowest BCUT2D eigenvalue weighted by Gasteiger charge is -2.32. The third-order valence-electron chi connectivity index (χ3n) is 5.14. The van der Waals surface area contributed by atoms with Gasteiger partial charge in [-0.15, -0.1) is 0 Å². The van der Waals surface area contributed by atoms with Gasteiger partial charge in [-0.25, -0.2) is 0 Å². The molecule has 0 bridgehead atoms. The van der Waals surface area contributed by atoms with Crippen molar-refractivity contribution in [3.63, 3.8) is 0 Å². The molecule has 2 saturated heterocycles. The van der Waals surface area contributed by atoms with Crippen LogP contribution < -0.4 is 10.6 Å². The van der Waals surface area contributed by atoms with Crippen LogP contribution in [-0.2, 0) is 11.3 Å². The molecule has 1 aromatic carbocycles. The minimum atomic E-state index is 0.219. The van der Waals surface area contributed by atoms with E-state index in [1.165, 1.54) is 24.8 Å². The van der Waals surface area contributed by atoms with Gasteiger partial charge in [0, 0.05) is 25.6 Å². The summed E-state index contributed by atoms with van der Waals surface area (Å²) >= 11 is 0. The van der Waals surface area contributed by atoms with Gasteiger partial charge in [0.15, 0.2) is 0 Å². The molecule has 0 radical (unpaired) electrons.